The molecule has 0 bridgehead atoms. The average Bonchev–Trinajstić information content (AvgIpc) is 3.42. The molecule has 2 aliphatic rings. The minimum Gasteiger partial charge on any atom is -0.493 e. The number of halogens is 2. The van der Waals surface area contributed by atoms with E-state index >= 15 is 0 Å². The molecule has 0 saturated carbocycles. The van der Waals surface area contributed by atoms with Crippen molar-refractivity contribution in [3.8, 4) is 11.5 Å². The lowest BCUT2D eigenvalue weighted by molar-refractivity contribution is -0.0658. The quantitative estimate of drug-likeness (QED) is 0.408. The van der Waals surface area contributed by atoms with Gasteiger partial charge in [0.05, 0.1) is 29.3 Å². The molecule has 3 heterocycles. The third kappa shape index (κ3) is 5.87. The highest BCUT2D eigenvalue weighted by Gasteiger charge is 2.23. The normalized spacial score (nSPS) is 18.1. The topological polar surface area (TPSA) is 87.2 Å². The van der Waals surface area contributed by atoms with Crippen molar-refractivity contribution in [3.63, 3.8) is 0 Å². The Morgan fingerprint density at radius 3 is 2.75 bits per heavy atom. The number of ether oxygens (including phenoxy) is 5. The van der Waals surface area contributed by atoms with Gasteiger partial charge in [-0.25, -0.2) is 9.97 Å². The maximum absolute atomic E-state index is 6.15. The van der Waals surface area contributed by atoms with E-state index in [0.717, 1.165) is 37.1 Å². The predicted molar refractivity (Wildman–Crippen MR) is 137 cm³/mol. The second kappa shape index (κ2) is 11.4. The van der Waals surface area contributed by atoms with E-state index in [2.05, 4.69) is 20.2 Å². The van der Waals surface area contributed by atoms with Gasteiger partial charge in [-0.1, -0.05) is 23.2 Å². The lowest BCUT2D eigenvalue weighted by Crippen LogP contribution is -2.45. The predicted octanol–water partition coefficient (Wildman–Crippen LogP) is 5.00. The molecule has 1 fully saturated rings. The number of morpholine rings is 1. The SMILES string of the molecule is COc1cc2c(Nc3ccc(Cl)c(Cl)c3)ncnc2cc1OCC1CN(CCC2OC=CO2)CCO1. The van der Waals surface area contributed by atoms with Gasteiger partial charge in [0.2, 0.25) is 6.29 Å². The highest BCUT2D eigenvalue weighted by molar-refractivity contribution is 6.42. The van der Waals surface area contributed by atoms with Gasteiger partial charge in [0.15, 0.2) is 11.5 Å². The Kier molecular flexibility index (Phi) is 7.81. The van der Waals surface area contributed by atoms with E-state index in [0.29, 0.717) is 46.1 Å². The molecule has 9 nitrogen and oxygen atoms in total. The van der Waals surface area contributed by atoms with Crippen LogP contribution >= 0.6 is 23.2 Å². The number of hydrogen-bond donors (Lipinski definition) is 1. The Bertz CT molecular complexity index is 1240. The molecule has 1 N–H and O–H groups in total. The van der Waals surface area contributed by atoms with Crippen molar-refractivity contribution < 1.29 is 23.7 Å². The smallest absolute Gasteiger partial charge is 0.240 e. The summed E-state index contributed by atoms with van der Waals surface area (Å²) in [7, 11) is 1.60. The Balaban J connectivity index is 1.25. The van der Waals surface area contributed by atoms with Crippen LogP contribution in [0.15, 0.2) is 49.2 Å². The van der Waals surface area contributed by atoms with E-state index in [1.807, 2.05) is 18.2 Å². The number of fused-ring (bicyclic) bond motifs is 1. The van der Waals surface area contributed by atoms with Gasteiger partial charge in [0, 0.05) is 43.2 Å². The van der Waals surface area contributed by atoms with Crippen LogP contribution in [0, 0.1) is 0 Å². The van der Waals surface area contributed by atoms with Crippen LogP contribution in [0.1, 0.15) is 6.42 Å². The standard InChI is InChI=1S/C25H26Cl2N4O5/c1-32-22-11-18-21(28-15-29-25(18)30-16-2-3-19(26)20(27)10-16)12-23(22)36-14-17-13-31(6-7-33-17)5-4-24-34-8-9-35-24/h2-3,8-12,15,17,24H,4-7,13-14H2,1H3,(H,28,29,30). The molecular weight excluding hydrogens is 507 g/mol. The highest BCUT2D eigenvalue weighted by Crippen LogP contribution is 2.35. The number of nitrogens with zero attached hydrogens (tertiary/aromatic N) is 3. The van der Waals surface area contributed by atoms with Gasteiger partial charge < -0.3 is 29.0 Å². The van der Waals surface area contributed by atoms with Gasteiger partial charge in [0.1, 0.15) is 37.4 Å². The molecule has 0 spiro atoms. The third-order valence-corrected chi connectivity index (χ3v) is 6.69. The summed E-state index contributed by atoms with van der Waals surface area (Å²) in [5.41, 5.74) is 1.46. The molecule has 1 unspecified atom stereocenters. The lowest BCUT2D eigenvalue weighted by atomic mass is 10.2. The number of aromatic nitrogens is 2. The van der Waals surface area contributed by atoms with Crippen LogP contribution in [-0.2, 0) is 14.2 Å². The first-order valence-corrected chi connectivity index (χ1v) is 12.3. The second-order valence-corrected chi connectivity index (χ2v) is 9.18. The summed E-state index contributed by atoms with van der Waals surface area (Å²) in [6.45, 7) is 3.51. The highest BCUT2D eigenvalue weighted by atomic mass is 35.5. The van der Waals surface area contributed by atoms with Crippen molar-refractivity contribution in [2.24, 2.45) is 0 Å². The molecule has 0 radical (unpaired) electrons. The van der Waals surface area contributed by atoms with Crippen molar-refractivity contribution >= 4 is 45.6 Å². The van der Waals surface area contributed by atoms with Crippen LogP contribution in [0.4, 0.5) is 11.5 Å². The Morgan fingerprint density at radius 1 is 1.08 bits per heavy atom. The summed E-state index contributed by atoms with van der Waals surface area (Å²) < 4.78 is 28.4. The minimum absolute atomic E-state index is 0.0695. The zero-order chi connectivity index (χ0) is 24.9. The fourth-order valence-electron chi connectivity index (χ4n) is 4.11. The summed E-state index contributed by atoms with van der Waals surface area (Å²) in [6, 6.07) is 9.00. The first kappa shape index (κ1) is 24.7. The van der Waals surface area contributed by atoms with Crippen LogP contribution in [0.25, 0.3) is 10.9 Å². The molecule has 11 heteroatoms. The lowest BCUT2D eigenvalue weighted by Gasteiger charge is -2.33. The molecule has 3 aromatic rings. The average molecular weight is 533 g/mol. The van der Waals surface area contributed by atoms with Crippen molar-refractivity contribution in [3.05, 3.63) is 59.2 Å². The summed E-state index contributed by atoms with van der Waals surface area (Å²) >= 11 is 12.2. The molecule has 190 valence electrons. The van der Waals surface area contributed by atoms with Gasteiger partial charge in [-0.05, 0) is 24.3 Å². The second-order valence-electron chi connectivity index (χ2n) is 8.36. The molecular formula is C25H26Cl2N4O5. The van der Waals surface area contributed by atoms with E-state index < -0.39 is 0 Å². The first-order chi connectivity index (χ1) is 17.6. The molecule has 2 aromatic carbocycles. The summed E-state index contributed by atoms with van der Waals surface area (Å²) in [6.07, 6.45) is 5.16. The van der Waals surface area contributed by atoms with Crippen LogP contribution in [0.3, 0.4) is 0 Å². The largest absolute Gasteiger partial charge is 0.493 e. The van der Waals surface area contributed by atoms with Gasteiger partial charge >= 0.3 is 0 Å². The molecule has 1 atom stereocenters. The summed E-state index contributed by atoms with van der Waals surface area (Å²) in [5.74, 6) is 1.77. The molecule has 0 aliphatic carbocycles. The van der Waals surface area contributed by atoms with E-state index in [9.17, 15) is 0 Å². The monoisotopic (exact) mass is 532 g/mol. The molecule has 2 aliphatic heterocycles. The minimum atomic E-state index is -0.206. The number of hydrogen-bond acceptors (Lipinski definition) is 9. The van der Waals surface area contributed by atoms with Gasteiger partial charge in [-0.15, -0.1) is 0 Å². The van der Waals surface area contributed by atoms with Crippen LogP contribution < -0.4 is 14.8 Å². The Morgan fingerprint density at radius 2 is 1.94 bits per heavy atom. The fourth-order valence-corrected chi connectivity index (χ4v) is 4.41. The number of benzene rings is 2. The van der Waals surface area contributed by atoms with E-state index in [1.165, 1.54) is 6.33 Å². The van der Waals surface area contributed by atoms with Crippen molar-refractivity contribution in [2.75, 3.05) is 45.3 Å². The Hall–Kier alpha value is -2.98. The number of rotatable bonds is 9. The molecule has 0 amide bonds. The maximum Gasteiger partial charge on any atom is 0.240 e. The first-order valence-electron chi connectivity index (χ1n) is 11.6. The zero-order valence-corrected chi connectivity index (χ0v) is 21.2. The number of methoxy groups -OCH3 is 1. The summed E-state index contributed by atoms with van der Waals surface area (Å²) in [4.78, 5) is 11.1. The fraction of sp³-hybridized carbons (Fsp3) is 0.360. The van der Waals surface area contributed by atoms with E-state index in [4.69, 9.17) is 46.9 Å². The van der Waals surface area contributed by atoms with Gasteiger partial charge in [-0.2, -0.15) is 0 Å². The molecule has 1 saturated heterocycles. The Labute approximate surface area is 218 Å². The van der Waals surface area contributed by atoms with Crippen molar-refractivity contribution in [1.29, 1.82) is 0 Å². The zero-order valence-electron chi connectivity index (χ0n) is 19.7. The molecule has 5 rings (SSSR count). The summed E-state index contributed by atoms with van der Waals surface area (Å²) in [5, 5.41) is 4.98. The number of nitrogens with one attached hydrogen (secondary N) is 1. The molecule has 1 aromatic heterocycles. The van der Waals surface area contributed by atoms with Crippen LogP contribution in [-0.4, -0.2) is 67.2 Å². The van der Waals surface area contributed by atoms with Crippen molar-refractivity contribution in [2.45, 2.75) is 18.8 Å². The van der Waals surface area contributed by atoms with Gasteiger partial charge in [0.25, 0.3) is 0 Å². The molecule has 36 heavy (non-hydrogen) atoms. The number of anilines is 2. The van der Waals surface area contributed by atoms with Crippen molar-refractivity contribution in [1.82, 2.24) is 14.9 Å². The van der Waals surface area contributed by atoms with Crippen LogP contribution in [0.2, 0.25) is 10.0 Å². The van der Waals surface area contributed by atoms with E-state index in [-0.39, 0.29) is 12.4 Å². The van der Waals surface area contributed by atoms with Gasteiger partial charge in [-0.3, -0.25) is 4.90 Å². The van der Waals surface area contributed by atoms with E-state index in [1.54, 1.807) is 31.8 Å². The maximum atomic E-state index is 6.15. The van der Waals surface area contributed by atoms with Crippen LogP contribution in [0.5, 0.6) is 11.5 Å². The third-order valence-electron chi connectivity index (χ3n) is 5.95.